The lowest BCUT2D eigenvalue weighted by Crippen LogP contribution is -2.27. The Morgan fingerprint density at radius 3 is 1.68 bits per heavy atom. The molecule has 0 N–H and O–H groups in total. The Morgan fingerprint density at radius 1 is 0.842 bits per heavy atom. The van der Waals surface area contributed by atoms with E-state index in [0.717, 1.165) is 12.8 Å². The van der Waals surface area contributed by atoms with E-state index in [1.807, 2.05) is 0 Å². The molecule has 2 aliphatic carbocycles. The first-order valence-corrected chi connectivity index (χ1v) is 7.80. The van der Waals surface area contributed by atoms with Gasteiger partial charge in [-0.1, -0.05) is 24.3 Å². The van der Waals surface area contributed by atoms with Crippen LogP contribution in [0.2, 0.25) is 0 Å². The number of allylic oxidation sites excluding steroid dienone is 4. The van der Waals surface area contributed by atoms with E-state index in [2.05, 4.69) is 38.2 Å². The summed E-state index contributed by atoms with van der Waals surface area (Å²) in [6, 6.07) is 0. The monoisotopic (exact) mass is 264 g/mol. The minimum atomic E-state index is 0.309. The summed E-state index contributed by atoms with van der Waals surface area (Å²) in [6.45, 7) is 4.81. The van der Waals surface area contributed by atoms with Gasteiger partial charge in [-0.3, -0.25) is 0 Å². The molecule has 0 aromatic carbocycles. The van der Waals surface area contributed by atoms with E-state index < -0.39 is 0 Å². The third-order valence-corrected chi connectivity index (χ3v) is 4.61. The highest BCUT2D eigenvalue weighted by Crippen LogP contribution is 2.25. The van der Waals surface area contributed by atoms with Crippen LogP contribution < -0.4 is 0 Å². The van der Waals surface area contributed by atoms with E-state index >= 15 is 0 Å². The molecule has 0 radical (unpaired) electrons. The molecule has 0 fully saturated rings. The molecule has 0 heterocycles. The van der Waals surface area contributed by atoms with Gasteiger partial charge in [0.15, 0.2) is 0 Å². The molecular weight excluding hydrogens is 236 g/mol. The number of rotatable bonds is 6. The maximum absolute atomic E-state index is 5.87. The fraction of sp³-hybridized carbons (Fsp3) is 0.765. The van der Waals surface area contributed by atoms with Crippen molar-refractivity contribution in [2.24, 2.45) is 11.8 Å². The van der Waals surface area contributed by atoms with E-state index in [4.69, 9.17) is 9.47 Å². The Morgan fingerprint density at radius 2 is 1.32 bits per heavy atom. The molecule has 0 aromatic heterocycles. The highest BCUT2D eigenvalue weighted by atomic mass is 16.7. The molecule has 0 amide bonds. The fourth-order valence-corrected chi connectivity index (χ4v) is 3.01. The standard InChI is InChI=1S/C17H28O2/c1-14(16-9-5-3-6-10-16)18-13-19-15(2)17-11-7-4-8-12-17/h3-5,7,14-17H,6,8-13H2,1-2H3. The molecule has 2 heteroatoms. The predicted octanol–water partition coefficient (Wildman–Crippen LogP) is 4.47. The van der Waals surface area contributed by atoms with Crippen molar-refractivity contribution in [3.8, 4) is 0 Å². The van der Waals surface area contributed by atoms with Crippen LogP contribution in [-0.4, -0.2) is 19.0 Å². The Kier molecular flexibility index (Phi) is 6.12. The third kappa shape index (κ3) is 4.77. The van der Waals surface area contributed by atoms with Crippen LogP contribution in [0.3, 0.4) is 0 Å². The smallest absolute Gasteiger partial charge is 0.147 e. The van der Waals surface area contributed by atoms with Crippen LogP contribution in [0.15, 0.2) is 24.3 Å². The quantitative estimate of drug-likeness (QED) is 0.520. The van der Waals surface area contributed by atoms with Crippen LogP contribution in [0, 0.1) is 11.8 Å². The molecule has 0 spiro atoms. The van der Waals surface area contributed by atoms with E-state index in [-0.39, 0.29) is 0 Å². The van der Waals surface area contributed by atoms with Crippen molar-refractivity contribution < 1.29 is 9.47 Å². The van der Waals surface area contributed by atoms with Crippen molar-refractivity contribution in [1.29, 1.82) is 0 Å². The largest absolute Gasteiger partial charge is 0.352 e. The van der Waals surface area contributed by atoms with Gasteiger partial charge in [0.1, 0.15) is 6.79 Å². The van der Waals surface area contributed by atoms with Crippen molar-refractivity contribution in [1.82, 2.24) is 0 Å². The van der Waals surface area contributed by atoms with Crippen LogP contribution in [0.1, 0.15) is 52.4 Å². The van der Waals surface area contributed by atoms with Gasteiger partial charge in [-0.2, -0.15) is 0 Å². The van der Waals surface area contributed by atoms with Crippen molar-refractivity contribution in [2.75, 3.05) is 6.79 Å². The lowest BCUT2D eigenvalue weighted by Gasteiger charge is -2.28. The molecule has 2 nitrogen and oxygen atoms in total. The summed E-state index contributed by atoms with van der Waals surface area (Å²) in [7, 11) is 0. The molecule has 108 valence electrons. The highest BCUT2D eigenvalue weighted by Gasteiger charge is 2.21. The zero-order valence-electron chi connectivity index (χ0n) is 12.4. The second kappa shape index (κ2) is 7.86. The summed E-state index contributed by atoms with van der Waals surface area (Å²) >= 11 is 0. The third-order valence-electron chi connectivity index (χ3n) is 4.61. The Balaban J connectivity index is 1.62. The molecular formula is C17H28O2. The Hall–Kier alpha value is -0.600. The van der Waals surface area contributed by atoms with Gasteiger partial charge in [-0.15, -0.1) is 0 Å². The molecule has 0 aliphatic heterocycles. The van der Waals surface area contributed by atoms with Gasteiger partial charge >= 0.3 is 0 Å². The van der Waals surface area contributed by atoms with Crippen molar-refractivity contribution in [3.05, 3.63) is 24.3 Å². The average molecular weight is 264 g/mol. The second-order valence-electron chi connectivity index (χ2n) is 5.95. The van der Waals surface area contributed by atoms with Crippen molar-refractivity contribution >= 4 is 0 Å². The number of ether oxygens (including phenoxy) is 2. The summed E-state index contributed by atoms with van der Waals surface area (Å²) in [5, 5.41) is 0. The predicted molar refractivity (Wildman–Crippen MR) is 78.9 cm³/mol. The molecule has 2 rings (SSSR count). The maximum atomic E-state index is 5.87. The van der Waals surface area contributed by atoms with E-state index in [1.54, 1.807) is 0 Å². The summed E-state index contributed by atoms with van der Waals surface area (Å²) in [4.78, 5) is 0. The van der Waals surface area contributed by atoms with E-state index in [9.17, 15) is 0 Å². The zero-order valence-corrected chi connectivity index (χ0v) is 12.4. The molecule has 4 unspecified atom stereocenters. The molecule has 0 saturated carbocycles. The lowest BCUT2D eigenvalue weighted by molar-refractivity contribution is -0.134. The minimum absolute atomic E-state index is 0.309. The van der Waals surface area contributed by atoms with Crippen LogP contribution >= 0.6 is 0 Å². The summed E-state index contributed by atoms with van der Waals surface area (Å²) in [5.74, 6) is 1.34. The number of hydrogen-bond donors (Lipinski definition) is 0. The van der Waals surface area contributed by atoms with Crippen LogP contribution in [-0.2, 0) is 9.47 Å². The highest BCUT2D eigenvalue weighted by molar-refractivity contribution is 4.92. The summed E-state index contributed by atoms with van der Waals surface area (Å²) in [5.41, 5.74) is 0. The van der Waals surface area contributed by atoms with E-state index in [0.29, 0.717) is 30.8 Å². The van der Waals surface area contributed by atoms with Gasteiger partial charge in [0, 0.05) is 0 Å². The molecule has 4 atom stereocenters. The molecule has 0 aromatic rings. The molecule has 2 aliphatic rings. The summed E-state index contributed by atoms with van der Waals surface area (Å²) < 4.78 is 11.7. The first-order valence-electron chi connectivity index (χ1n) is 7.80. The normalized spacial score (nSPS) is 30.2. The molecule has 0 bridgehead atoms. The van der Waals surface area contributed by atoms with Gasteiger partial charge in [-0.05, 0) is 64.2 Å². The first-order chi connectivity index (χ1) is 9.27. The Bertz CT molecular complexity index is 278. The van der Waals surface area contributed by atoms with Gasteiger partial charge < -0.3 is 9.47 Å². The van der Waals surface area contributed by atoms with Crippen molar-refractivity contribution in [3.63, 3.8) is 0 Å². The van der Waals surface area contributed by atoms with Crippen LogP contribution in [0.25, 0.3) is 0 Å². The molecule has 19 heavy (non-hydrogen) atoms. The van der Waals surface area contributed by atoms with Gasteiger partial charge in [0.2, 0.25) is 0 Å². The minimum Gasteiger partial charge on any atom is -0.352 e. The number of hydrogen-bond acceptors (Lipinski definition) is 2. The van der Waals surface area contributed by atoms with Gasteiger partial charge in [0.05, 0.1) is 12.2 Å². The van der Waals surface area contributed by atoms with Crippen molar-refractivity contribution in [2.45, 2.75) is 64.6 Å². The molecule has 0 saturated heterocycles. The lowest BCUT2D eigenvalue weighted by atomic mass is 9.90. The maximum Gasteiger partial charge on any atom is 0.147 e. The average Bonchev–Trinajstić information content (AvgIpc) is 2.49. The zero-order chi connectivity index (χ0) is 13.5. The summed E-state index contributed by atoms with van der Waals surface area (Å²) in [6.07, 6.45) is 16.9. The second-order valence-corrected chi connectivity index (χ2v) is 5.95. The first kappa shape index (κ1) is 14.8. The van der Waals surface area contributed by atoms with E-state index in [1.165, 1.54) is 25.7 Å². The van der Waals surface area contributed by atoms with Crippen LogP contribution in [0.5, 0.6) is 0 Å². The topological polar surface area (TPSA) is 18.5 Å². The SMILES string of the molecule is CC(OCOC(C)C1CC=CCC1)C1CC=CCC1. The van der Waals surface area contributed by atoms with Gasteiger partial charge in [-0.25, -0.2) is 0 Å². The van der Waals surface area contributed by atoms with Gasteiger partial charge in [0.25, 0.3) is 0 Å². The fourth-order valence-electron chi connectivity index (χ4n) is 3.01. The van der Waals surface area contributed by atoms with Crippen LogP contribution in [0.4, 0.5) is 0 Å². The Labute approximate surface area is 117 Å².